The van der Waals surface area contributed by atoms with Crippen molar-refractivity contribution in [2.45, 2.75) is 31.6 Å². The highest BCUT2D eigenvalue weighted by atomic mass is 35.5. The van der Waals surface area contributed by atoms with Crippen LogP contribution in [0.4, 0.5) is 17.6 Å². The van der Waals surface area contributed by atoms with Gasteiger partial charge in [0.25, 0.3) is 0 Å². The number of alkyl halides is 3. The summed E-state index contributed by atoms with van der Waals surface area (Å²) in [6, 6.07) is 4.18. The molecule has 0 spiro atoms. The Morgan fingerprint density at radius 1 is 1.34 bits per heavy atom. The smallest absolute Gasteiger partial charge is 0.343 e. The second kappa shape index (κ2) is 8.00. The van der Waals surface area contributed by atoms with E-state index in [0.29, 0.717) is 16.7 Å². The summed E-state index contributed by atoms with van der Waals surface area (Å²) in [7, 11) is -1.29. The van der Waals surface area contributed by atoms with E-state index in [0.717, 1.165) is 6.07 Å². The highest BCUT2D eigenvalue weighted by molar-refractivity contribution is 7.82. The molecule has 5 nitrogen and oxygen atoms in total. The van der Waals surface area contributed by atoms with Crippen molar-refractivity contribution >= 4 is 28.5 Å². The molecule has 0 fully saturated rings. The quantitative estimate of drug-likeness (QED) is 0.662. The number of carbonyl (C=O) groups is 1. The number of nitrogens with one attached hydrogen (secondary N) is 2. The number of nitrogens with zero attached hydrogens (tertiary/aromatic N) is 1. The van der Waals surface area contributed by atoms with Crippen LogP contribution in [0.3, 0.4) is 0 Å². The molecule has 0 saturated heterocycles. The Hall–Kier alpha value is -2.04. The molecular formula is C18H16ClF4N3O2S. The fraction of sp³-hybridized carbons (Fsp3) is 0.333. The lowest BCUT2D eigenvalue weighted by Crippen LogP contribution is -2.27. The minimum Gasteiger partial charge on any atom is -0.343 e. The summed E-state index contributed by atoms with van der Waals surface area (Å²) < 4.78 is 66.3. The first-order chi connectivity index (χ1) is 13.5. The number of amides is 1. The lowest BCUT2D eigenvalue weighted by atomic mass is 9.98. The highest BCUT2D eigenvalue weighted by Crippen LogP contribution is 2.47. The normalized spacial score (nSPS) is 17.4. The zero-order chi connectivity index (χ0) is 21.5. The first-order valence-corrected chi connectivity index (χ1v) is 10.4. The largest absolute Gasteiger partial charge is 0.433 e. The Bertz CT molecular complexity index is 1000. The van der Waals surface area contributed by atoms with E-state index in [1.54, 1.807) is 13.0 Å². The van der Waals surface area contributed by atoms with Crippen LogP contribution in [0.15, 0.2) is 24.3 Å². The van der Waals surface area contributed by atoms with Crippen LogP contribution in [0, 0.1) is 5.82 Å². The van der Waals surface area contributed by atoms with Crippen molar-refractivity contribution in [3.8, 4) is 0 Å². The zero-order valence-corrected chi connectivity index (χ0v) is 16.8. The van der Waals surface area contributed by atoms with Gasteiger partial charge in [0, 0.05) is 23.9 Å². The van der Waals surface area contributed by atoms with Crippen LogP contribution in [-0.4, -0.2) is 21.4 Å². The summed E-state index contributed by atoms with van der Waals surface area (Å²) in [5.74, 6) is -1.82. The van der Waals surface area contributed by atoms with Crippen molar-refractivity contribution in [1.82, 2.24) is 15.0 Å². The molecule has 2 N–H and O–H groups in total. The highest BCUT2D eigenvalue weighted by Gasteiger charge is 2.44. The lowest BCUT2D eigenvalue weighted by molar-refractivity contribution is -0.141. The molecule has 29 heavy (non-hydrogen) atoms. The maximum Gasteiger partial charge on any atom is 0.433 e. The molecule has 1 aromatic carbocycles. The van der Waals surface area contributed by atoms with Gasteiger partial charge in [-0.3, -0.25) is 4.79 Å². The van der Waals surface area contributed by atoms with Gasteiger partial charge in [-0.25, -0.2) is 18.3 Å². The molecular weight excluding hydrogens is 434 g/mol. The molecule has 0 bridgehead atoms. The first-order valence-electron chi connectivity index (χ1n) is 8.42. The third-order valence-corrected chi connectivity index (χ3v) is 5.39. The molecule has 0 aliphatic heterocycles. The van der Waals surface area contributed by atoms with Crippen LogP contribution in [0.1, 0.15) is 47.0 Å². The van der Waals surface area contributed by atoms with E-state index in [2.05, 4.69) is 15.0 Å². The maximum absolute atomic E-state index is 14.2. The molecule has 156 valence electrons. The number of benzene rings is 1. The van der Waals surface area contributed by atoms with Crippen molar-refractivity contribution in [2.24, 2.45) is 0 Å². The number of hydrogen-bond acceptors (Lipinski definition) is 3. The van der Waals surface area contributed by atoms with Crippen LogP contribution >= 0.6 is 11.6 Å². The minimum atomic E-state index is -4.64. The number of hydrogen-bond donors (Lipinski definition) is 2. The molecule has 11 heteroatoms. The number of rotatable bonds is 6. The van der Waals surface area contributed by atoms with Crippen LogP contribution in [0.2, 0.25) is 5.02 Å². The molecule has 1 amide bonds. The van der Waals surface area contributed by atoms with Crippen LogP contribution in [-0.2, 0) is 28.5 Å². The summed E-state index contributed by atoms with van der Waals surface area (Å²) in [6.07, 6.45) is -3.21. The molecule has 1 aliphatic rings. The van der Waals surface area contributed by atoms with E-state index in [1.807, 2.05) is 0 Å². The fourth-order valence-electron chi connectivity index (χ4n) is 2.82. The maximum atomic E-state index is 14.2. The Balaban J connectivity index is 1.69. The van der Waals surface area contributed by atoms with Gasteiger partial charge >= 0.3 is 6.18 Å². The predicted molar refractivity (Wildman–Crippen MR) is 100.0 cm³/mol. The molecule has 0 radical (unpaired) electrons. The summed E-state index contributed by atoms with van der Waals surface area (Å²) >= 11 is 5.87. The first kappa shape index (κ1) is 21.7. The average Bonchev–Trinajstić information content (AvgIpc) is 3.32. The summed E-state index contributed by atoms with van der Waals surface area (Å²) in [5.41, 5.74) is -0.0146. The average molecular weight is 450 g/mol. The van der Waals surface area contributed by atoms with Crippen LogP contribution < -0.4 is 10.0 Å². The van der Waals surface area contributed by atoms with Crippen LogP contribution in [0.25, 0.3) is 0 Å². The lowest BCUT2D eigenvalue weighted by Gasteiger charge is -2.13. The van der Waals surface area contributed by atoms with Crippen molar-refractivity contribution in [1.29, 1.82) is 0 Å². The van der Waals surface area contributed by atoms with Gasteiger partial charge in [0.15, 0.2) is 0 Å². The topological polar surface area (TPSA) is 71.1 Å². The molecule has 1 heterocycles. The number of pyridine rings is 1. The minimum absolute atomic E-state index is 0.0683. The number of aromatic nitrogens is 1. The van der Waals surface area contributed by atoms with Crippen molar-refractivity contribution in [3.05, 3.63) is 63.2 Å². The van der Waals surface area contributed by atoms with Crippen molar-refractivity contribution < 1.29 is 26.6 Å². The van der Waals surface area contributed by atoms with Gasteiger partial charge in [-0.15, -0.1) is 0 Å². The van der Waals surface area contributed by atoms with E-state index in [4.69, 9.17) is 11.6 Å². The van der Waals surface area contributed by atoms with E-state index < -0.39 is 46.5 Å². The predicted octanol–water partition coefficient (Wildman–Crippen LogP) is 3.60. The zero-order valence-electron chi connectivity index (χ0n) is 15.2. The molecule has 1 aromatic heterocycles. The molecule has 3 unspecified atom stereocenters. The van der Waals surface area contributed by atoms with Gasteiger partial charge in [-0.1, -0.05) is 23.7 Å². The van der Waals surface area contributed by atoms with E-state index in [9.17, 15) is 26.6 Å². The molecule has 3 rings (SSSR count). The monoisotopic (exact) mass is 449 g/mol. The molecule has 1 aliphatic carbocycles. The van der Waals surface area contributed by atoms with Gasteiger partial charge in [-0.05, 0) is 24.6 Å². The van der Waals surface area contributed by atoms with Gasteiger partial charge in [0.1, 0.15) is 17.6 Å². The molecule has 0 saturated carbocycles. The SMILES string of the molecule is CC(C(=O)NC1c2nc(C(F)(F)F)cc(Cl)c21)c1ccc(CNS(C)=O)c(F)c1. The second-order valence-electron chi connectivity index (χ2n) is 6.58. The number of carbonyl (C=O) groups excluding carboxylic acids is 1. The Labute approximate surface area is 171 Å². The Morgan fingerprint density at radius 3 is 2.62 bits per heavy atom. The standard InChI is InChI=1S/C18H16ClF4N3O2S/c1-8(9-3-4-10(12(20)5-9)7-24-29(2)28)17(27)26-16-14-11(19)6-13(18(21,22)23)25-15(14)16/h3-6,8,16,24H,7H2,1-2H3,(H,26,27). The fourth-order valence-corrected chi connectivity index (χ4v) is 3.48. The Kier molecular flexibility index (Phi) is 5.98. The summed E-state index contributed by atoms with van der Waals surface area (Å²) in [6.45, 7) is 1.62. The van der Waals surface area contributed by atoms with E-state index in [1.165, 1.54) is 18.4 Å². The van der Waals surface area contributed by atoms with Crippen molar-refractivity contribution in [3.63, 3.8) is 0 Å². The van der Waals surface area contributed by atoms with Gasteiger partial charge in [0.05, 0.1) is 27.6 Å². The second-order valence-corrected chi connectivity index (χ2v) is 8.18. The summed E-state index contributed by atoms with van der Waals surface area (Å²) in [5, 5.41) is 2.47. The van der Waals surface area contributed by atoms with Crippen molar-refractivity contribution in [2.75, 3.05) is 6.26 Å². The summed E-state index contributed by atoms with van der Waals surface area (Å²) in [4.78, 5) is 16.0. The van der Waals surface area contributed by atoms with Gasteiger partial charge in [-0.2, -0.15) is 13.2 Å². The molecule has 2 aromatic rings. The van der Waals surface area contributed by atoms with Gasteiger partial charge in [0.2, 0.25) is 5.91 Å². The van der Waals surface area contributed by atoms with E-state index >= 15 is 0 Å². The number of fused-ring (bicyclic) bond motifs is 1. The number of halogens is 5. The third kappa shape index (κ3) is 4.76. The van der Waals surface area contributed by atoms with E-state index in [-0.39, 0.29) is 17.3 Å². The van der Waals surface area contributed by atoms with Gasteiger partial charge < -0.3 is 5.32 Å². The Morgan fingerprint density at radius 2 is 2.03 bits per heavy atom. The third-order valence-electron chi connectivity index (χ3n) is 4.53. The van der Waals surface area contributed by atoms with Crippen LogP contribution in [0.5, 0.6) is 0 Å². The molecule has 3 atom stereocenters.